The zero-order valence-electron chi connectivity index (χ0n) is 14.5. The number of carbonyl (C=O) groups excluding carboxylic acids is 3. The average Bonchev–Trinajstić information content (AvgIpc) is 2.54. The van der Waals surface area contributed by atoms with Crippen LogP contribution < -0.4 is 0 Å². The smallest absolute Gasteiger partial charge is 0.303 e. The third-order valence-electron chi connectivity index (χ3n) is 3.19. The van der Waals surface area contributed by atoms with Crippen molar-refractivity contribution in [1.82, 2.24) is 0 Å². The standard InChI is InChI=1S/C14H20FN3O8/c1-7(19)23-11-10(6-15)26-14(22-5-4-17-18-16)13(25-9(3)21)12(11)24-8(2)20/h10-14H,4-6H2,1-3H3/t10-,11-,12+,13-,14-/m1/s1. The fourth-order valence-corrected chi connectivity index (χ4v) is 2.37. The highest BCUT2D eigenvalue weighted by molar-refractivity contribution is 5.68. The van der Waals surface area contributed by atoms with Crippen LogP contribution in [0.25, 0.3) is 10.4 Å². The second-order valence-corrected chi connectivity index (χ2v) is 5.24. The summed E-state index contributed by atoms with van der Waals surface area (Å²) in [6, 6.07) is 0. The lowest BCUT2D eigenvalue weighted by molar-refractivity contribution is -0.304. The molecule has 0 aliphatic carbocycles. The van der Waals surface area contributed by atoms with Crippen LogP contribution in [-0.2, 0) is 38.1 Å². The van der Waals surface area contributed by atoms with Crippen LogP contribution in [0.5, 0.6) is 0 Å². The van der Waals surface area contributed by atoms with E-state index in [0.717, 1.165) is 20.8 Å². The molecule has 0 bridgehead atoms. The van der Waals surface area contributed by atoms with Crippen molar-refractivity contribution in [2.45, 2.75) is 51.5 Å². The summed E-state index contributed by atoms with van der Waals surface area (Å²) in [6.45, 7) is 2.00. The van der Waals surface area contributed by atoms with E-state index in [-0.39, 0.29) is 13.2 Å². The molecule has 0 spiro atoms. The van der Waals surface area contributed by atoms with Gasteiger partial charge in [0.25, 0.3) is 0 Å². The van der Waals surface area contributed by atoms with Crippen LogP contribution in [0.15, 0.2) is 5.11 Å². The van der Waals surface area contributed by atoms with E-state index in [1.807, 2.05) is 0 Å². The van der Waals surface area contributed by atoms with E-state index in [0.29, 0.717) is 0 Å². The number of nitrogens with zero attached hydrogens (tertiary/aromatic N) is 3. The minimum absolute atomic E-state index is 0.0605. The number of carbonyl (C=O) groups is 3. The highest BCUT2D eigenvalue weighted by atomic mass is 19.1. The third kappa shape index (κ3) is 6.47. The van der Waals surface area contributed by atoms with Crippen molar-refractivity contribution in [3.63, 3.8) is 0 Å². The Bertz CT molecular complexity index is 568. The minimum atomic E-state index is -1.35. The second kappa shape index (κ2) is 10.5. The molecule has 1 fully saturated rings. The van der Waals surface area contributed by atoms with Gasteiger partial charge in [-0.15, -0.1) is 0 Å². The maximum absolute atomic E-state index is 13.4. The van der Waals surface area contributed by atoms with Crippen molar-refractivity contribution >= 4 is 17.9 Å². The molecule has 26 heavy (non-hydrogen) atoms. The van der Waals surface area contributed by atoms with E-state index in [9.17, 15) is 18.8 Å². The van der Waals surface area contributed by atoms with E-state index >= 15 is 0 Å². The Balaban J connectivity index is 3.12. The summed E-state index contributed by atoms with van der Waals surface area (Å²) in [5.74, 6) is -2.28. The van der Waals surface area contributed by atoms with Crippen LogP contribution in [0.3, 0.4) is 0 Å². The number of azide groups is 1. The van der Waals surface area contributed by atoms with E-state index in [1.54, 1.807) is 0 Å². The van der Waals surface area contributed by atoms with Crippen LogP contribution in [0, 0.1) is 0 Å². The van der Waals surface area contributed by atoms with Gasteiger partial charge in [0.05, 0.1) is 6.61 Å². The topological polar surface area (TPSA) is 146 Å². The van der Waals surface area contributed by atoms with Crippen molar-refractivity contribution in [3.05, 3.63) is 10.4 Å². The first-order valence-electron chi connectivity index (χ1n) is 7.65. The molecular weight excluding hydrogens is 357 g/mol. The molecule has 1 aliphatic heterocycles. The molecule has 0 aromatic rings. The lowest BCUT2D eigenvalue weighted by Gasteiger charge is -2.43. The van der Waals surface area contributed by atoms with E-state index < -0.39 is 55.3 Å². The zero-order chi connectivity index (χ0) is 19.7. The number of ether oxygens (including phenoxy) is 5. The summed E-state index contributed by atoms with van der Waals surface area (Å²) in [4.78, 5) is 36.7. The Morgan fingerprint density at radius 1 is 1.04 bits per heavy atom. The van der Waals surface area contributed by atoms with Crippen LogP contribution in [-0.4, -0.2) is 68.4 Å². The molecule has 0 aromatic heterocycles. The van der Waals surface area contributed by atoms with E-state index in [2.05, 4.69) is 10.0 Å². The summed E-state index contributed by atoms with van der Waals surface area (Å²) in [6.07, 6.45) is -6.67. The van der Waals surface area contributed by atoms with Crippen molar-refractivity contribution < 1.29 is 42.5 Å². The highest BCUT2D eigenvalue weighted by Gasteiger charge is 2.52. The first-order chi connectivity index (χ1) is 12.3. The molecular formula is C14H20FN3O8. The molecule has 0 saturated carbocycles. The number of hydrogen-bond acceptors (Lipinski definition) is 9. The fraction of sp³-hybridized carbons (Fsp3) is 0.786. The molecule has 0 radical (unpaired) electrons. The van der Waals surface area contributed by atoms with Gasteiger partial charge in [0.15, 0.2) is 24.6 Å². The molecule has 0 N–H and O–H groups in total. The second-order valence-electron chi connectivity index (χ2n) is 5.24. The number of esters is 3. The van der Waals surface area contributed by atoms with Crippen LogP contribution in [0.2, 0.25) is 0 Å². The number of hydrogen-bond donors (Lipinski definition) is 0. The Hall–Kier alpha value is -2.43. The molecule has 0 amide bonds. The molecule has 1 saturated heterocycles. The molecule has 0 unspecified atom stereocenters. The fourth-order valence-electron chi connectivity index (χ4n) is 2.37. The van der Waals surface area contributed by atoms with Gasteiger partial charge in [-0.3, -0.25) is 14.4 Å². The predicted molar refractivity (Wildman–Crippen MR) is 81.3 cm³/mol. The van der Waals surface area contributed by atoms with E-state index in [1.165, 1.54) is 0 Å². The van der Waals surface area contributed by atoms with Gasteiger partial charge < -0.3 is 23.7 Å². The van der Waals surface area contributed by atoms with Crippen molar-refractivity contribution in [2.24, 2.45) is 5.11 Å². The van der Waals surface area contributed by atoms with Gasteiger partial charge in [0.2, 0.25) is 0 Å². The van der Waals surface area contributed by atoms with Gasteiger partial charge in [-0.1, -0.05) is 5.11 Å². The van der Waals surface area contributed by atoms with Crippen molar-refractivity contribution in [3.8, 4) is 0 Å². The summed E-state index contributed by atoms with van der Waals surface area (Å²) < 4.78 is 39.3. The number of alkyl halides is 1. The molecule has 5 atom stereocenters. The van der Waals surface area contributed by atoms with Gasteiger partial charge in [0, 0.05) is 32.2 Å². The molecule has 0 aromatic carbocycles. The van der Waals surface area contributed by atoms with Gasteiger partial charge >= 0.3 is 17.9 Å². The maximum Gasteiger partial charge on any atom is 0.303 e. The third-order valence-corrected chi connectivity index (χ3v) is 3.19. The Morgan fingerprint density at radius 2 is 1.58 bits per heavy atom. The average molecular weight is 377 g/mol. The minimum Gasteiger partial charge on any atom is -0.456 e. The summed E-state index contributed by atoms with van der Waals surface area (Å²) in [5, 5.41) is 3.27. The molecule has 1 heterocycles. The Labute approximate surface area is 148 Å². The van der Waals surface area contributed by atoms with Crippen molar-refractivity contribution in [1.29, 1.82) is 0 Å². The molecule has 1 aliphatic rings. The van der Waals surface area contributed by atoms with Gasteiger partial charge in [-0.2, -0.15) is 0 Å². The van der Waals surface area contributed by atoms with Crippen molar-refractivity contribution in [2.75, 3.05) is 19.8 Å². The SMILES string of the molecule is CC(=O)O[C@@H]1[C@@H](OC(C)=O)[C@H](OCCN=[N+]=[N-])O[C@H](CF)[C@H]1OC(C)=O. The summed E-state index contributed by atoms with van der Waals surface area (Å²) in [7, 11) is 0. The largest absolute Gasteiger partial charge is 0.456 e. The molecule has 11 nitrogen and oxygen atoms in total. The first-order valence-corrected chi connectivity index (χ1v) is 7.65. The number of rotatable bonds is 8. The number of halogens is 1. The molecule has 12 heteroatoms. The Morgan fingerprint density at radius 3 is 2.08 bits per heavy atom. The van der Waals surface area contributed by atoms with Gasteiger partial charge in [0.1, 0.15) is 12.8 Å². The summed E-state index contributed by atoms with van der Waals surface area (Å²) >= 11 is 0. The van der Waals surface area contributed by atoms with E-state index in [4.69, 9.17) is 29.2 Å². The quantitative estimate of drug-likeness (QED) is 0.151. The molecule has 146 valence electrons. The maximum atomic E-state index is 13.4. The Kier molecular flexibility index (Phi) is 8.76. The van der Waals surface area contributed by atoms with Crippen LogP contribution >= 0.6 is 0 Å². The van der Waals surface area contributed by atoms with Crippen LogP contribution in [0.1, 0.15) is 20.8 Å². The predicted octanol–water partition coefficient (Wildman–Crippen LogP) is 0.803. The van der Waals surface area contributed by atoms with Gasteiger partial charge in [-0.05, 0) is 5.53 Å². The molecule has 1 rings (SSSR count). The normalized spacial score (nSPS) is 27.8. The van der Waals surface area contributed by atoms with Crippen LogP contribution in [0.4, 0.5) is 4.39 Å². The summed E-state index contributed by atoms with van der Waals surface area (Å²) in [5.41, 5.74) is 8.26. The first kappa shape index (κ1) is 21.6. The lowest BCUT2D eigenvalue weighted by Crippen LogP contribution is -2.62. The highest BCUT2D eigenvalue weighted by Crippen LogP contribution is 2.29. The lowest BCUT2D eigenvalue weighted by atomic mass is 9.98. The zero-order valence-corrected chi connectivity index (χ0v) is 14.5. The monoisotopic (exact) mass is 377 g/mol. The van der Waals surface area contributed by atoms with Gasteiger partial charge in [-0.25, -0.2) is 4.39 Å².